The molecular weight excluding hydrogens is 949 g/mol. The Morgan fingerprint density at radius 1 is 0.273 bits per heavy atom. The third kappa shape index (κ3) is 62.3. The fourth-order valence-electron chi connectivity index (χ4n) is 8.48. The fraction of sp³-hybridized carbons (Fsp3) is 0.648. The van der Waals surface area contributed by atoms with Crippen LogP contribution in [0.3, 0.4) is 0 Å². The zero-order chi connectivity index (χ0) is 55.7. The Labute approximate surface area is 475 Å². The van der Waals surface area contributed by atoms with Crippen LogP contribution < -0.4 is 0 Å². The first-order valence-corrected chi connectivity index (χ1v) is 31.7. The molecule has 0 aromatic heterocycles. The van der Waals surface area contributed by atoms with E-state index in [1.165, 1.54) is 116 Å². The zero-order valence-electron chi connectivity index (χ0n) is 49.9. The first kappa shape index (κ1) is 72.5. The van der Waals surface area contributed by atoms with Gasteiger partial charge >= 0.3 is 17.9 Å². The molecule has 0 aliphatic carbocycles. The molecule has 0 spiro atoms. The lowest BCUT2D eigenvalue weighted by molar-refractivity contribution is -0.167. The highest BCUT2D eigenvalue weighted by Gasteiger charge is 2.19. The molecule has 0 saturated carbocycles. The monoisotopic (exact) mass is 1060 g/mol. The highest BCUT2D eigenvalue weighted by atomic mass is 16.6. The number of carbonyl (C=O) groups excluding carboxylic acids is 3. The van der Waals surface area contributed by atoms with Gasteiger partial charge in [0.05, 0.1) is 0 Å². The van der Waals surface area contributed by atoms with Crippen molar-refractivity contribution in [1.29, 1.82) is 0 Å². The van der Waals surface area contributed by atoms with Crippen molar-refractivity contribution >= 4 is 17.9 Å². The Hall–Kier alpha value is -4.45. The lowest BCUT2D eigenvalue weighted by Crippen LogP contribution is -2.30. The van der Waals surface area contributed by atoms with Crippen molar-refractivity contribution in [3.05, 3.63) is 134 Å². The van der Waals surface area contributed by atoms with E-state index in [0.717, 1.165) is 116 Å². The van der Waals surface area contributed by atoms with Gasteiger partial charge in [-0.25, -0.2) is 0 Å². The van der Waals surface area contributed by atoms with Gasteiger partial charge in [-0.05, 0) is 109 Å². The maximum atomic E-state index is 12.8. The van der Waals surface area contributed by atoms with Gasteiger partial charge in [-0.3, -0.25) is 14.4 Å². The number of carbonyl (C=O) groups is 3. The van der Waals surface area contributed by atoms with Crippen LogP contribution in [0.1, 0.15) is 278 Å². The maximum Gasteiger partial charge on any atom is 0.306 e. The number of hydrogen-bond donors (Lipinski definition) is 0. The summed E-state index contributed by atoms with van der Waals surface area (Å²) >= 11 is 0. The fourth-order valence-corrected chi connectivity index (χ4v) is 8.48. The number of rotatable bonds is 56. The molecule has 6 heteroatoms. The van der Waals surface area contributed by atoms with Crippen molar-refractivity contribution in [2.75, 3.05) is 13.2 Å². The first-order valence-electron chi connectivity index (χ1n) is 31.7. The summed E-state index contributed by atoms with van der Waals surface area (Å²) in [4.78, 5) is 38.0. The van der Waals surface area contributed by atoms with Crippen LogP contribution in [0.5, 0.6) is 0 Å². The summed E-state index contributed by atoms with van der Waals surface area (Å²) < 4.78 is 16.7. The first-order chi connectivity index (χ1) is 38.0. The molecule has 0 bridgehead atoms. The second-order valence-corrected chi connectivity index (χ2v) is 20.6. The highest BCUT2D eigenvalue weighted by Crippen LogP contribution is 2.16. The molecule has 0 rings (SSSR count). The van der Waals surface area contributed by atoms with Crippen LogP contribution in [0.4, 0.5) is 0 Å². The highest BCUT2D eigenvalue weighted by molar-refractivity contribution is 5.71. The summed E-state index contributed by atoms with van der Waals surface area (Å²) in [5.74, 6) is -0.965. The van der Waals surface area contributed by atoms with Crippen molar-refractivity contribution in [2.45, 2.75) is 284 Å². The maximum absolute atomic E-state index is 12.8. The minimum atomic E-state index is -0.807. The second kappa shape index (κ2) is 64.1. The molecule has 6 nitrogen and oxygen atoms in total. The predicted octanol–water partition coefficient (Wildman–Crippen LogP) is 21.8. The van der Waals surface area contributed by atoms with E-state index in [4.69, 9.17) is 14.2 Å². The number of ether oxygens (including phenoxy) is 3. The van der Waals surface area contributed by atoms with Crippen LogP contribution >= 0.6 is 0 Å². The average Bonchev–Trinajstić information content (AvgIpc) is 3.43. The third-order valence-electron chi connectivity index (χ3n) is 13.2. The van der Waals surface area contributed by atoms with Gasteiger partial charge in [0.2, 0.25) is 0 Å². The van der Waals surface area contributed by atoms with Crippen molar-refractivity contribution in [1.82, 2.24) is 0 Å². The minimum absolute atomic E-state index is 0.101. The van der Waals surface area contributed by atoms with Crippen LogP contribution in [0.25, 0.3) is 0 Å². The van der Waals surface area contributed by atoms with E-state index >= 15 is 0 Å². The van der Waals surface area contributed by atoms with Gasteiger partial charge in [0.15, 0.2) is 6.10 Å². The summed E-state index contributed by atoms with van der Waals surface area (Å²) in [6.45, 7) is 6.32. The molecule has 1 unspecified atom stereocenters. The van der Waals surface area contributed by atoms with Crippen molar-refractivity contribution in [3.63, 3.8) is 0 Å². The van der Waals surface area contributed by atoms with E-state index in [0.29, 0.717) is 19.3 Å². The van der Waals surface area contributed by atoms with Gasteiger partial charge in [-0.2, -0.15) is 0 Å². The van der Waals surface area contributed by atoms with Crippen LogP contribution in [-0.4, -0.2) is 37.2 Å². The molecule has 436 valence electrons. The van der Waals surface area contributed by atoms with Crippen LogP contribution in [0.15, 0.2) is 134 Å². The van der Waals surface area contributed by atoms with Gasteiger partial charge in [-0.1, -0.05) is 283 Å². The average molecular weight is 1070 g/mol. The summed E-state index contributed by atoms with van der Waals surface area (Å²) in [6.07, 6.45) is 90.7. The van der Waals surface area contributed by atoms with Gasteiger partial charge < -0.3 is 14.2 Å². The smallest absolute Gasteiger partial charge is 0.306 e. The summed E-state index contributed by atoms with van der Waals surface area (Å²) in [5.41, 5.74) is 0. The van der Waals surface area contributed by atoms with E-state index in [-0.39, 0.29) is 37.5 Å². The van der Waals surface area contributed by atoms with E-state index in [1.807, 2.05) is 0 Å². The van der Waals surface area contributed by atoms with Gasteiger partial charge in [0.25, 0.3) is 0 Å². The molecule has 0 amide bonds. The van der Waals surface area contributed by atoms with Crippen LogP contribution in [-0.2, 0) is 28.6 Å². The van der Waals surface area contributed by atoms with E-state index in [1.54, 1.807) is 0 Å². The summed E-state index contributed by atoms with van der Waals surface area (Å²) in [7, 11) is 0. The lowest BCUT2D eigenvalue weighted by atomic mass is 10.0. The Morgan fingerprint density at radius 2 is 0.519 bits per heavy atom. The topological polar surface area (TPSA) is 78.9 Å². The van der Waals surface area contributed by atoms with E-state index < -0.39 is 6.10 Å². The number of unbranched alkanes of at least 4 members (excludes halogenated alkanes) is 23. The number of allylic oxidation sites excluding steroid dienone is 22. The Kier molecular flexibility index (Phi) is 60.4. The van der Waals surface area contributed by atoms with Gasteiger partial charge in [0.1, 0.15) is 13.2 Å². The normalized spacial score (nSPS) is 13.0. The molecule has 1 atom stereocenters. The molecular formula is C71H116O6. The Bertz CT molecular complexity index is 1650. The molecule has 77 heavy (non-hydrogen) atoms. The molecule has 0 aromatic rings. The quantitative estimate of drug-likeness (QED) is 0.0261. The van der Waals surface area contributed by atoms with Gasteiger partial charge in [0, 0.05) is 19.3 Å². The molecule has 0 radical (unpaired) electrons. The molecule has 0 fully saturated rings. The largest absolute Gasteiger partial charge is 0.462 e. The molecule has 0 aromatic carbocycles. The van der Waals surface area contributed by atoms with Crippen molar-refractivity contribution in [3.8, 4) is 0 Å². The molecule has 0 aliphatic heterocycles. The summed E-state index contributed by atoms with van der Waals surface area (Å²) in [6, 6.07) is 0. The SMILES string of the molecule is CC/C=C\C/C=C\C/C=C\C/C=C\C/C=C\C/C=C\CCCCCCCCCCCCCCCCCCC(=O)OCC(COC(=O)CCCCCCCCC)OC(=O)CCC/C=C\C/C=C\C/C=C\C/C=C\C/C=C\CC. The van der Waals surface area contributed by atoms with Crippen molar-refractivity contribution in [2.24, 2.45) is 0 Å². The standard InChI is InChI=1S/C71H116O6/c1-4-7-10-13-16-18-20-22-24-26-27-28-29-30-31-32-33-34-35-36-37-38-39-40-41-42-43-45-46-48-50-52-55-58-61-64-70(73)76-67-68(66-75-69(72)63-60-57-54-15-12-9-6-3)77-71(74)65-62-59-56-53-51-49-47-44-25-23-21-19-17-14-11-8-5-2/h7-8,10-11,16-19,22-25,27-28,30-31,33-34,47,49,53,56,68H,4-6,9,12-15,20-21,26,29,32,35-46,48,50-52,54-55,57-67H2,1-3H3/b10-7-,11-8-,18-16-,19-17-,24-22-,25-23-,28-27-,31-30-,34-33-,49-47-,56-53-. The van der Waals surface area contributed by atoms with Crippen LogP contribution in [0, 0.1) is 0 Å². The second-order valence-electron chi connectivity index (χ2n) is 20.6. The third-order valence-corrected chi connectivity index (χ3v) is 13.2. The zero-order valence-corrected chi connectivity index (χ0v) is 49.9. The molecule has 0 saturated heterocycles. The van der Waals surface area contributed by atoms with E-state index in [9.17, 15) is 14.4 Å². The minimum Gasteiger partial charge on any atom is -0.462 e. The number of hydrogen-bond acceptors (Lipinski definition) is 6. The number of esters is 3. The van der Waals surface area contributed by atoms with Crippen molar-refractivity contribution < 1.29 is 28.6 Å². The van der Waals surface area contributed by atoms with E-state index in [2.05, 4.69) is 154 Å². The summed E-state index contributed by atoms with van der Waals surface area (Å²) in [5, 5.41) is 0. The van der Waals surface area contributed by atoms with Crippen LogP contribution in [0.2, 0.25) is 0 Å². The molecule has 0 heterocycles. The van der Waals surface area contributed by atoms with Gasteiger partial charge in [-0.15, -0.1) is 0 Å². The Balaban J connectivity index is 4.08. The molecule has 0 N–H and O–H groups in total. The predicted molar refractivity (Wildman–Crippen MR) is 334 cm³/mol. The molecule has 0 aliphatic rings. The lowest BCUT2D eigenvalue weighted by Gasteiger charge is -2.18. The Morgan fingerprint density at radius 3 is 0.831 bits per heavy atom.